The van der Waals surface area contributed by atoms with Crippen molar-refractivity contribution in [2.45, 2.75) is 89.0 Å². The lowest BCUT2D eigenvalue weighted by Gasteiger charge is -2.41. The Morgan fingerprint density at radius 2 is 1.76 bits per heavy atom. The minimum atomic E-state index is -1.10. The van der Waals surface area contributed by atoms with Crippen molar-refractivity contribution in [2.24, 2.45) is 0 Å². The van der Waals surface area contributed by atoms with Crippen LogP contribution in [-0.2, 0) is 9.53 Å². The van der Waals surface area contributed by atoms with Gasteiger partial charge < -0.3 is 20.1 Å². The molecule has 1 heterocycles. The minimum absolute atomic E-state index is 0.152. The van der Waals surface area contributed by atoms with Crippen molar-refractivity contribution in [3.05, 3.63) is 48.0 Å². The van der Waals surface area contributed by atoms with Crippen LogP contribution >= 0.6 is 0 Å². The highest BCUT2D eigenvalue weighted by atomic mass is 16.6. The van der Waals surface area contributed by atoms with Gasteiger partial charge in [-0.3, -0.25) is 4.79 Å². The van der Waals surface area contributed by atoms with Gasteiger partial charge in [-0.2, -0.15) is 0 Å². The molecule has 178 valence electrons. The molecule has 0 spiro atoms. The molecule has 2 aromatic carbocycles. The molecule has 6 nitrogen and oxygen atoms in total. The molecule has 0 radical (unpaired) electrons. The molecule has 4 rings (SSSR count). The summed E-state index contributed by atoms with van der Waals surface area (Å²) in [4.78, 5) is 28.1. The quantitative estimate of drug-likeness (QED) is 0.677. The Kier molecular flexibility index (Phi) is 6.66. The molecule has 2 aromatic rings. The van der Waals surface area contributed by atoms with Crippen molar-refractivity contribution in [1.82, 2.24) is 10.2 Å². The summed E-state index contributed by atoms with van der Waals surface area (Å²) in [5, 5.41) is 16.7. The average molecular weight is 453 g/mol. The molecule has 1 saturated heterocycles. The van der Waals surface area contributed by atoms with E-state index in [1.54, 1.807) is 4.90 Å². The van der Waals surface area contributed by atoms with Gasteiger partial charge in [-0.15, -0.1) is 0 Å². The van der Waals surface area contributed by atoms with E-state index in [0.717, 1.165) is 42.0 Å². The maximum Gasteiger partial charge on any atom is 0.409 e. The molecule has 33 heavy (non-hydrogen) atoms. The number of hydrogen-bond donors (Lipinski definition) is 2. The van der Waals surface area contributed by atoms with Gasteiger partial charge >= 0.3 is 6.09 Å². The standard InChI is InChI=1S/C27H36N2O4/c1-26(2,3)28-25(31)33-22-12-9-17-29(22)24(30)23(27(32)15-7-4-8-16-27)21-14-13-19-10-5-6-11-20(19)18-21/h5-6,10-11,13-14,18,22-23,32H,4,7-9,12,15-17H2,1-3H3,(H,28,31). The Labute approximate surface area is 196 Å². The molecule has 2 aliphatic rings. The first-order valence-electron chi connectivity index (χ1n) is 12.2. The maximum atomic E-state index is 14.0. The van der Waals surface area contributed by atoms with Crippen molar-refractivity contribution in [1.29, 1.82) is 0 Å². The van der Waals surface area contributed by atoms with Crippen LogP contribution in [0.4, 0.5) is 4.79 Å². The summed E-state index contributed by atoms with van der Waals surface area (Å²) in [5.74, 6) is -0.835. The van der Waals surface area contributed by atoms with Crippen molar-refractivity contribution < 1.29 is 19.4 Å². The summed E-state index contributed by atoms with van der Waals surface area (Å²) in [6.45, 7) is 6.19. The number of nitrogens with zero attached hydrogens (tertiary/aromatic N) is 1. The summed E-state index contributed by atoms with van der Waals surface area (Å²) in [7, 11) is 0. The van der Waals surface area contributed by atoms with Gasteiger partial charge in [0.05, 0.1) is 11.5 Å². The molecule has 2 fully saturated rings. The number of amides is 2. The van der Waals surface area contributed by atoms with Gasteiger partial charge in [-0.25, -0.2) is 4.79 Å². The first kappa shape index (κ1) is 23.6. The fourth-order valence-corrected chi connectivity index (χ4v) is 5.26. The van der Waals surface area contributed by atoms with Crippen LogP contribution in [0.5, 0.6) is 0 Å². The van der Waals surface area contributed by atoms with Crippen LogP contribution in [0.25, 0.3) is 10.8 Å². The van der Waals surface area contributed by atoms with Gasteiger partial charge in [0.25, 0.3) is 0 Å². The van der Waals surface area contributed by atoms with Gasteiger partial charge in [0.15, 0.2) is 6.23 Å². The van der Waals surface area contributed by atoms with Gasteiger partial charge in [-0.05, 0) is 56.4 Å². The third-order valence-electron chi connectivity index (χ3n) is 6.81. The number of rotatable bonds is 4. The Bertz CT molecular complexity index is 1010. The second-order valence-electron chi connectivity index (χ2n) is 10.6. The number of nitrogens with one attached hydrogen (secondary N) is 1. The molecule has 0 bridgehead atoms. The van der Waals surface area contributed by atoms with E-state index in [1.807, 2.05) is 63.2 Å². The number of ether oxygens (including phenoxy) is 1. The highest BCUT2D eigenvalue weighted by Gasteiger charge is 2.47. The lowest BCUT2D eigenvalue weighted by atomic mass is 9.72. The second-order valence-corrected chi connectivity index (χ2v) is 10.6. The molecule has 1 aliphatic carbocycles. The normalized spacial score (nSPS) is 21.6. The van der Waals surface area contributed by atoms with E-state index in [-0.39, 0.29) is 5.91 Å². The van der Waals surface area contributed by atoms with Gasteiger partial charge in [0, 0.05) is 18.5 Å². The molecule has 0 aromatic heterocycles. The first-order valence-corrected chi connectivity index (χ1v) is 12.2. The Morgan fingerprint density at radius 1 is 1.06 bits per heavy atom. The van der Waals surface area contributed by atoms with Crippen molar-refractivity contribution >= 4 is 22.8 Å². The Balaban J connectivity index is 1.64. The molecule has 6 heteroatoms. The average Bonchev–Trinajstić information content (AvgIpc) is 3.20. The number of alkyl carbamates (subject to hydrolysis) is 1. The monoisotopic (exact) mass is 452 g/mol. The predicted octanol–water partition coefficient (Wildman–Crippen LogP) is 5.09. The molecule has 2 unspecified atom stereocenters. The summed E-state index contributed by atoms with van der Waals surface area (Å²) < 4.78 is 5.67. The largest absolute Gasteiger partial charge is 0.425 e. The number of carbonyl (C=O) groups is 2. The second kappa shape index (κ2) is 9.34. The van der Waals surface area contributed by atoms with Crippen LogP contribution in [0.2, 0.25) is 0 Å². The van der Waals surface area contributed by atoms with Crippen LogP contribution < -0.4 is 5.32 Å². The van der Waals surface area contributed by atoms with Gasteiger partial charge in [-0.1, -0.05) is 61.7 Å². The topological polar surface area (TPSA) is 78.9 Å². The molecular formula is C27H36N2O4. The van der Waals surface area contributed by atoms with Crippen molar-refractivity contribution in [2.75, 3.05) is 6.54 Å². The highest BCUT2D eigenvalue weighted by Crippen LogP contribution is 2.42. The fraction of sp³-hybridized carbons (Fsp3) is 0.556. The third-order valence-corrected chi connectivity index (χ3v) is 6.81. The van der Waals surface area contributed by atoms with Crippen LogP contribution in [0.15, 0.2) is 42.5 Å². The molecule has 2 amide bonds. The molecular weight excluding hydrogens is 416 g/mol. The number of likely N-dealkylation sites (tertiary alicyclic amines) is 1. The first-order chi connectivity index (χ1) is 15.7. The number of aliphatic hydroxyl groups is 1. The third kappa shape index (κ3) is 5.32. The SMILES string of the molecule is CC(C)(C)NC(=O)OC1CCCN1C(=O)C(c1ccc2ccccc2c1)C1(O)CCCCC1. The van der Waals surface area contributed by atoms with E-state index >= 15 is 0 Å². The smallest absolute Gasteiger partial charge is 0.409 e. The lowest BCUT2D eigenvalue weighted by Crippen LogP contribution is -2.51. The van der Waals surface area contributed by atoms with E-state index in [1.165, 1.54) is 0 Å². The zero-order chi connectivity index (χ0) is 23.6. The number of hydrogen-bond acceptors (Lipinski definition) is 4. The van der Waals surface area contributed by atoms with E-state index in [2.05, 4.69) is 5.32 Å². The van der Waals surface area contributed by atoms with E-state index < -0.39 is 29.4 Å². The fourth-order valence-electron chi connectivity index (χ4n) is 5.26. The number of carbonyl (C=O) groups excluding carboxylic acids is 2. The zero-order valence-corrected chi connectivity index (χ0v) is 20.0. The zero-order valence-electron chi connectivity index (χ0n) is 20.0. The molecule has 1 saturated carbocycles. The molecule has 1 aliphatic heterocycles. The van der Waals surface area contributed by atoms with Gasteiger partial charge in [0.2, 0.25) is 5.91 Å². The predicted molar refractivity (Wildman–Crippen MR) is 129 cm³/mol. The van der Waals surface area contributed by atoms with Crippen molar-refractivity contribution in [3.8, 4) is 0 Å². The maximum absolute atomic E-state index is 14.0. The minimum Gasteiger partial charge on any atom is -0.425 e. The summed E-state index contributed by atoms with van der Waals surface area (Å²) in [5.41, 5.74) is -0.693. The van der Waals surface area contributed by atoms with E-state index in [9.17, 15) is 14.7 Å². The Morgan fingerprint density at radius 3 is 2.45 bits per heavy atom. The summed E-state index contributed by atoms with van der Waals surface area (Å²) in [6, 6.07) is 14.1. The van der Waals surface area contributed by atoms with Crippen LogP contribution in [-0.4, -0.2) is 45.9 Å². The lowest BCUT2D eigenvalue weighted by molar-refractivity contribution is -0.148. The van der Waals surface area contributed by atoms with Crippen molar-refractivity contribution in [3.63, 3.8) is 0 Å². The highest BCUT2D eigenvalue weighted by molar-refractivity contribution is 5.89. The Hall–Kier alpha value is -2.60. The van der Waals surface area contributed by atoms with Gasteiger partial charge in [0.1, 0.15) is 0 Å². The van der Waals surface area contributed by atoms with Crippen LogP contribution in [0.3, 0.4) is 0 Å². The molecule has 2 atom stereocenters. The number of benzene rings is 2. The van der Waals surface area contributed by atoms with E-state index in [0.29, 0.717) is 25.8 Å². The van der Waals surface area contributed by atoms with E-state index in [4.69, 9.17) is 4.74 Å². The molecule has 2 N–H and O–H groups in total. The number of fused-ring (bicyclic) bond motifs is 1. The summed E-state index contributed by atoms with van der Waals surface area (Å²) in [6.07, 6.45) is 4.31. The van der Waals surface area contributed by atoms with Crippen LogP contribution in [0.1, 0.15) is 77.2 Å². The van der Waals surface area contributed by atoms with Crippen LogP contribution in [0, 0.1) is 0 Å². The summed E-state index contributed by atoms with van der Waals surface area (Å²) >= 11 is 0.